The summed E-state index contributed by atoms with van der Waals surface area (Å²) in [5.41, 5.74) is 3.77. The standard InChI is InChI=1S/C23H25N3O2S/c27-20(25-18-10-5-7-15-6-1-2-8-16(15)18)12-13-26-14-24-22-21(23(26)28)17-9-3-4-11-19(17)29-22/h1-2,6,8,14,18H,3-5,7,9-13H2,(H,25,27). The van der Waals surface area contributed by atoms with Crippen molar-refractivity contribution in [2.24, 2.45) is 0 Å². The molecule has 1 amide bonds. The third-order valence-corrected chi connectivity index (χ3v) is 7.43. The van der Waals surface area contributed by atoms with E-state index in [2.05, 4.69) is 28.5 Å². The van der Waals surface area contributed by atoms with Crippen molar-refractivity contribution in [2.45, 2.75) is 64.0 Å². The molecule has 1 N–H and O–H groups in total. The lowest BCUT2D eigenvalue weighted by Gasteiger charge is -2.26. The van der Waals surface area contributed by atoms with Crippen molar-refractivity contribution in [3.05, 3.63) is 62.5 Å². The second-order valence-electron chi connectivity index (χ2n) is 8.10. The molecule has 5 nitrogen and oxygen atoms in total. The second-order valence-corrected chi connectivity index (χ2v) is 9.18. The number of amides is 1. The molecule has 6 heteroatoms. The van der Waals surface area contributed by atoms with E-state index in [-0.39, 0.29) is 23.9 Å². The Bertz CT molecular complexity index is 1130. The highest BCUT2D eigenvalue weighted by Crippen LogP contribution is 2.33. The van der Waals surface area contributed by atoms with Crippen LogP contribution >= 0.6 is 11.3 Å². The number of aromatic nitrogens is 2. The van der Waals surface area contributed by atoms with Gasteiger partial charge in [-0.25, -0.2) is 4.98 Å². The summed E-state index contributed by atoms with van der Waals surface area (Å²) in [5.74, 6) is -0.00829. The normalized spacial score (nSPS) is 18.3. The first-order valence-corrected chi connectivity index (χ1v) is 11.4. The minimum absolute atomic E-state index is 0.00483. The number of thiophene rings is 1. The minimum atomic E-state index is -0.00829. The van der Waals surface area contributed by atoms with Crippen LogP contribution in [0.4, 0.5) is 0 Å². The summed E-state index contributed by atoms with van der Waals surface area (Å²) in [4.78, 5) is 32.3. The second kappa shape index (κ2) is 7.75. The van der Waals surface area contributed by atoms with E-state index in [1.165, 1.54) is 28.0 Å². The van der Waals surface area contributed by atoms with Gasteiger partial charge in [-0.15, -0.1) is 11.3 Å². The fourth-order valence-corrected chi connectivity index (χ4v) is 5.95. The Hall–Kier alpha value is -2.47. The molecule has 1 aromatic carbocycles. The first kappa shape index (κ1) is 18.6. The van der Waals surface area contributed by atoms with Crippen LogP contribution in [0.3, 0.4) is 0 Å². The van der Waals surface area contributed by atoms with E-state index in [0.29, 0.717) is 6.54 Å². The van der Waals surface area contributed by atoms with Crippen LogP contribution in [0.2, 0.25) is 0 Å². The van der Waals surface area contributed by atoms with Crippen LogP contribution in [0.1, 0.15) is 59.7 Å². The molecule has 3 aromatic rings. The maximum Gasteiger partial charge on any atom is 0.262 e. The zero-order valence-electron chi connectivity index (χ0n) is 16.4. The number of benzene rings is 1. The summed E-state index contributed by atoms with van der Waals surface area (Å²) in [6, 6.07) is 8.43. The topological polar surface area (TPSA) is 64.0 Å². The highest BCUT2D eigenvalue weighted by molar-refractivity contribution is 7.18. The molecule has 2 aromatic heterocycles. The summed E-state index contributed by atoms with van der Waals surface area (Å²) in [6.07, 6.45) is 9.39. The molecular formula is C23H25N3O2S. The summed E-state index contributed by atoms with van der Waals surface area (Å²) in [7, 11) is 0. The van der Waals surface area contributed by atoms with Gasteiger partial charge in [0.2, 0.25) is 5.91 Å². The van der Waals surface area contributed by atoms with Gasteiger partial charge >= 0.3 is 0 Å². The molecule has 5 rings (SSSR count). The fourth-order valence-electron chi connectivity index (χ4n) is 4.73. The Balaban J connectivity index is 1.30. The van der Waals surface area contributed by atoms with Crippen LogP contribution in [0, 0.1) is 0 Å². The van der Waals surface area contributed by atoms with Gasteiger partial charge in [-0.3, -0.25) is 14.2 Å². The van der Waals surface area contributed by atoms with Crippen molar-refractivity contribution in [2.75, 3.05) is 0 Å². The Morgan fingerprint density at radius 2 is 2.03 bits per heavy atom. The zero-order valence-corrected chi connectivity index (χ0v) is 17.3. The lowest BCUT2D eigenvalue weighted by Crippen LogP contribution is -2.32. The molecule has 0 saturated heterocycles. The molecule has 29 heavy (non-hydrogen) atoms. The molecule has 150 valence electrons. The molecule has 0 radical (unpaired) electrons. The van der Waals surface area contributed by atoms with Gasteiger partial charge in [0.1, 0.15) is 4.83 Å². The van der Waals surface area contributed by atoms with Gasteiger partial charge in [0.25, 0.3) is 5.56 Å². The van der Waals surface area contributed by atoms with Crippen LogP contribution in [-0.4, -0.2) is 15.5 Å². The van der Waals surface area contributed by atoms with Gasteiger partial charge in [0.05, 0.1) is 17.8 Å². The first-order valence-electron chi connectivity index (χ1n) is 10.6. The van der Waals surface area contributed by atoms with Crippen LogP contribution in [-0.2, 0) is 30.6 Å². The highest BCUT2D eigenvalue weighted by atomic mass is 32.1. The monoisotopic (exact) mass is 407 g/mol. The third-order valence-electron chi connectivity index (χ3n) is 6.23. The van der Waals surface area contributed by atoms with E-state index in [4.69, 9.17) is 0 Å². The van der Waals surface area contributed by atoms with E-state index < -0.39 is 0 Å². The highest BCUT2D eigenvalue weighted by Gasteiger charge is 2.22. The molecule has 1 atom stereocenters. The zero-order chi connectivity index (χ0) is 19.8. The molecular weight excluding hydrogens is 382 g/mol. The number of nitrogens with one attached hydrogen (secondary N) is 1. The molecule has 0 bridgehead atoms. The van der Waals surface area contributed by atoms with Crippen molar-refractivity contribution in [1.29, 1.82) is 0 Å². The molecule has 1 unspecified atom stereocenters. The van der Waals surface area contributed by atoms with Gasteiger partial charge in [-0.05, 0) is 61.6 Å². The van der Waals surface area contributed by atoms with Gasteiger partial charge in [0, 0.05) is 17.8 Å². The quantitative estimate of drug-likeness (QED) is 0.713. The Labute approximate surface area is 173 Å². The number of rotatable bonds is 4. The Kier molecular flexibility index (Phi) is 4.96. The van der Waals surface area contributed by atoms with E-state index in [0.717, 1.165) is 48.7 Å². The summed E-state index contributed by atoms with van der Waals surface area (Å²) >= 11 is 1.66. The van der Waals surface area contributed by atoms with Crippen molar-refractivity contribution in [3.63, 3.8) is 0 Å². The average molecular weight is 408 g/mol. The number of carbonyl (C=O) groups is 1. The SMILES string of the molecule is O=C(CCn1cnc2sc3c(c2c1=O)CCCC3)NC1CCCc2ccccc21. The van der Waals surface area contributed by atoms with Gasteiger partial charge in [-0.2, -0.15) is 0 Å². The van der Waals surface area contributed by atoms with Gasteiger partial charge in [-0.1, -0.05) is 24.3 Å². The van der Waals surface area contributed by atoms with Crippen molar-refractivity contribution in [3.8, 4) is 0 Å². The van der Waals surface area contributed by atoms with Crippen molar-refractivity contribution >= 4 is 27.5 Å². The molecule has 0 fully saturated rings. The number of nitrogens with zero attached hydrogens (tertiary/aromatic N) is 2. The molecule has 2 aliphatic rings. The number of hydrogen-bond acceptors (Lipinski definition) is 4. The average Bonchev–Trinajstić information content (AvgIpc) is 3.13. The van der Waals surface area contributed by atoms with Crippen LogP contribution in [0.15, 0.2) is 35.4 Å². The lowest BCUT2D eigenvalue weighted by molar-refractivity contribution is -0.122. The summed E-state index contributed by atoms with van der Waals surface area (Å²) in [5, 5.41) is 3.96. The number of carbonyl (C=O) groups excluding carboxylic acids is 1. The number of aryl methyl sites for hydroxylation is 4. The Morgan fingerprint density at radius 3 is 2.97 bits per heavy atom. The molecule has 0 aliphatic heterocycles. The van der Waals surface area contributed by atoms with E-state index >= 15 is 0 Å². The first-order chi connectivity index (χ1) is 14.2. The summed E-state index contributed by atoms with van der Waals surface area (Å²) in [6.45, 7) is 0.368. The predicted molar refractivity (Wildman–Crippen MR) is 115 cm³/mol. The summed E-state index contributed by atoms with van der Waals surface area (Å²) < 4.78 is 1.61. The molecule has 2 aliphatic carbocycles. The van der Waals surface area contributed by atoms with Crippen LogP contribution in [0.25, 0.3) is 10.2 Å². The fraction of sp³-hybridized carbons (Fsp3) is 0.435. The maximum absolute atomic E-state index is 13.0. The molecule has 0 saturated carbocycles. The van der Waals surface area contributed by atoms with Crippen molar-refractivity contribution in [1.82, 2.24) is 14.9 Å². The van der Waals surface area contributed by atoms with Crippen LogP contribution in [0.5, 0.6) is 0 Å². The van der Waals surface area contributed by atoms with Crippen LogP contribution < -0.4 is 10.9 Å². The van der Waals surface area contributed by atoms with Gasteiger partial charge < -0.3 is 5.32 Å². The Morgan fingerprint density at radius 1 is 1.17 bits per heavy atom. The lowest BCUT2D eigenvalue weighted by atomic mass is 9.88. The smallest absolute Gasteiger partial charge is 0.262 e. The molecule has 0 spiro atoms. The van der Waals surface area contributed by atoms with E-state index in [9.17, 15) is 9.59 Å². The number of hydrogen-bond donors (Lipinski definition) is 1. The maximum atomic E-state index is 13.0. The largest absolute Gasteiger partial charge is 0.349 e. The van der Waals surface area contributed by atoms with E-state index in [1.54, 1.807) is 22.2 Å². The van der Waals surface area contributed by atoms with Crippen molar-refractivity contribution < 1.29 is 4.79 Å². The van der Waals surface area contributed by atoms with Gasteiger partial charge in [0.15, 0.2) is 0 Å². The van der Waals surface area contributed by atoms with E-state index in [1.807, 2.05) is 6.07 Å². The third kappa shape index (κ3) is 3.50. The minimum Gasteiger partial charge on any atom is -0.349 e. The number of fused-ring (bicyclic) bond motifs is 4. The predicted octanol–water partition coefficient (Wildman–Crippen LogP) is 3.92. The molecule has 2 heterocycles.